The summed E-state index contributed by atoms with van der Waals surface area (Å²) in [6, 6.07) is 11.3. The van der Waals surface area contributed by atoms with Crippen molar-refractivity contribution in [3.8, 4) is 0 Å². The van der Waals surface area contributed by atoms with Crippen molar-refractivity contribution in [2.45, 2.75) is 13.3 Å². The van der Waals surface area contributed by atoms with Gasteiger partial charge in [-0.25, -0.2) is 0 Å². The third kappa shape index (κ3) is 1.45. The SMILES string of the molecule is CC1CCN(c2cc[c]cc2)C1. The van der Waals surface area contributed by atoms with Gasteiger partial charge in [0.25, 0.3) is 0 Å². The predicted molar refractivity (Wildman–Crippen MR) is 51.3 cm³/mol. The summed E-state index contributed by atoms with van der Waals surface area (Å²) in [5.74, 6) is 0.856. The molecule has 0 spiro atoms. The zero-order valence-corrected chi connectivity index (χ0v) is 7.46. The first-order valence-corrected chi connectivity index (χ1v) is 4.57. The Bertz CT molecular complexity index is 242. The summed E-state index contributed by atoms with van der Waals surface area (Å²) in [6.07, 6.45) is 1.33. The number of rotatable bonds is 1. The molecule has 1 aliphatic heterocycles. The average molecular weight is 160 g/mol. The summed E-state index contributed by atoms with van der Waals surface area (Å²) < 4.78 is 0. The molecule has 1 heterocycles. The maximum Gasteiger partial charge on any atom is 0.0366 e. The molecule has 0 saturated carbocycles. The molecule has 0 N–H and O–H groups in total. The molecule has 1 unspecified atom stereocenters. The summed E-state index contributed by atoms with van der Waals surface area (Å²) in [6.45, 7) is 4.74. The van der Waals surface area contributed by atoms with Crippen molar-refractivity contribution >= 4 is 5.69 Å². The fourth-order valence-electron chi connectivity index (χ4n) is 1.76. The van der Waals surface area contributed by atoms with Crippen LogP contribution in [0.15, 0.2) is 24.3 Å². The van der Waals surface area contributed by atoms with Crippen LogP contribution in [0, 0.1) is 12.0 Å². The van der Waals surface area contributed by atoms with Gasteiger partial charge in [-0.05, 0) is 30.5 Å². The van der Waals surface area contributed by atoms with Crippen molar-refractivity contribution in [3.05, 3.63) is 30.3 Å². The summed E-state index contributed by atoms with van der Waals surface area (Å²) in [4.78, 5) is 2.44. The maximum atomic E-state index is 3.04. The Morgan fingerprint density at radius 3 is 2.75 bits per heavy atom. The van der Waals surface area contributed by atoms with Crippen molar-refractivity contribution in [1.82, 2.24) is 0 Å². The Hall–Kier alpha value is -0.980. The van der Waals surface area contributed by atoms with Gasteiger partial charge in [0.1, 0.15) is 0 Å². The van der Waals surface area contributed by atoms with Crippen LogP contribution in [0.1, 0.15) is 13.3 Å². The average Bonchev–Trinajstić information content (AvgIpc) is 2.54. The molecular formula is C11H14N. The molecule has 63 valence electrons. The van der Waals surface area contributed by atoms with Crippen LogP contribution in [0.4, 0.5) is 5.69 Å². The molecule has 0 aliphatic carbocycles. The van der Waals surface area contributed by atoms with E-state index in [1.54, 1.807) is 0 Å². The Morgan fingerprint density at radius 2 is 2.17 bits per heavy atom. The van der Waals surface area contributed by atoms with E-state index in [1.807, 2.05) is 12.1 Å². The molecule has 1 radical (unpaired) electrons. The number of hydrogen-bond acceptors (Lipinski definition) is 1. The van der Waals surface area contributed by atoms with E-state index in [0.717, 1.165) is 5.92 Å². The summed E-state index contributed by atoms with van der Waals surface area (Å²) in [5.41, 5.74) is 1.35. The van der Waals surface area contributed by atoms with Crippen LogP contribution >= 0.6 is 0 Å². The normalized spacial score (nSPS) is 23.1. The van der Waals surface area contributed by atoms with Crippen molar-refractivity contribution in [2.75, 3.05) is 18.0 Å². The second-order valence-corrected chi connectivity index (χ2v) is 3.60. The monoisotopic (exact) mass is 160 g/mol. The molecule has 0 aromatic heterocycles. The zero-order valence-electron chi connectivity index (χ0n) is 7.46. The third-order valence-corrected chi connectivity index (χ3v) is 2.49. The lowest BCUT2D eigenvalue weighted by molar-refractivity contribution is 0.659. The quantitative estimate of drug-likeness (QED) is 0.609. The fourth-order valence-corrected chi connectivity index (χ4v) is 1.76. The van der Waals surface area contributed by atoms with E-state index < -0.39 is 0 Å². The molecule has 1 nitrogen and oxygen atoms in total. The molecule has 2 rings (SSSR count). The Kier molecular flexibility index (Phi) is 2.03. The summed E-state index contributed by atoms with van der Waals surface area (Å²) in [7, 11) is 0. The van der Waals surface area contributed by atoms with E-state index in [0.29, 0.717) is 0 Å². The summed E-state index contributed by atoms with van der Waals surface area (Å²) >= 11 is 0. The Morgan fingerprint density at radius 1 is 1.42 bits per heavy atom. The van der Waals surface area contributed by atoms with E-state index in [2.05, 4.69) is 30.0 Å². The Balaban J connectivity index is 2.11. The molecule has 1 aromatic rings. The third-order valence-electron chi connectivity index (χ3n) is 2.49. The van der Waals surface area contributed by atoms with Gasteiger partial charge < -0.3 is 4.90 Å². The minimum atomic E-state index is 0.856. The number of hydrogen-bond donors (Lipinski definition) is 0. The van der Waals surface area contributed by atoms with E-state index in [-0.39, 0.29) is 0 Å². The second-order valence-electron chi connectivity index (χ2n) is 3.60. The highest BCUT2D eigenvalue weighted by molar-refractivity contribution is 5.46. The highest BCUT2D eigenvalue weighted by atomic mass is 15.1. The van der Waals surface area contributed by atoms with Gasteiger partial charge in [-0.3, -0.25) is 0 Å². The van der Waals surface area contributed by atoms with Gasteiger partial charge in [0.15, 0.2) is 0 Å². The van der Waals surface area contributed by atoms with Crippen LogP contribution < -0.4 is 4.90 Å². The Labute approximate surface area is 74.0 Å². The van der Waals surface area contributed by atoms with Crippen molar-refractivity contribution in [1.29, 1.82) is 0 Å². The fraction of sp³-hybridized carbons (Fsp3) is 0.455. The zero-order chi connectivity index (χ0) is 8.39. The van der Waals surface area contributed by atoms with Crippen LogP contribution in [0.2, 0.25) is 0 Å². The van der Waals surface area contributed by atoms with Gasteiger partial charge in [-0.1, -0.05) is 19.1 Å². The summed E-state index contributed by atoms with van der Waals surface area (Å²) in [5, 5.41) is 0. The van der Waals surface area contributed by atoms with Gasteiger partial charge in [-0.15, -0.1) is 0 Å². The maximum absolute atomic E-state index is 3.04. The lowest BCUT2D eigenvalue weighted by atomic mass is 10.2. The molecular weight excluding hydrogens is 146 g/mol. The number of nitrogens with zero attached hydrogens (tertiary/aromatic N) is 1. The van der Waals surface area contributed by atoms with Crippen LogP contribution in [0.5, 0.6) is 0 Å². The van der Waals surface area contributed by atoms with Gasteiger partial charge in [0.2, 0.25) is 0 Å². The van der Waals surface area contributed by atoms with E-state index >= 15 is 0 Å². The minimum Gasteiger partial charge on any atom is -0.371 e. The topological polar surface area (TPSA) is 3.24 Å². The highest BCUT2D eigenvalue weighted by Crippen LogP contribution is 2.22. The molecule has 1 fully saturated rings. The highest BCUT2D eigenvalue weighted by Gasteiger charge is 2.17. The first kappa shape index (κ1) is 7.66. The second kappa shape index (κ2) is 3.18. The standard InChI is InChI=1S/C11H14N/c1-10-7-8-12(9-10)11-5-3-2-4-6-11/h3-6,10H,7-9H2,1H3. The molecule has 12 heavy (non-hydrogen) atoms. The molecule has 1 atom stereocenters. The van der Waals surface area contributed by atoms with E-state index in [4.69, 9.17) is 0 Å². The lowest BCUT2D eigenvalue weighted by Crippen LogP contribution is -2.18. The molecule has 1 aliphatic rings. The molecule has 1 aromatic carbocycles. The first-order valence-electron chi connectivity index (χ1n) is 4.57. The van der Waals surface area contributed by atoms with Crippen LogP contribution in [-0.4, -0.2) is 13.1 Å². The van der Waals surface area contributed by atoms with Crippen LogP contribution in [0.25, 0.3) is 0 Å². The lowest BCUT2D eigenvalue weighted by Gasteiger charge is -2.17. The van der Waals surface area contributed by atoms with Gasteiger partial charge in [0, 0.05) is 18.8 Å². The smallest absolute Gasteiger partial charge is 0.0366 e. The van der Waals surface area contributed by atoms with Crippen molar-refractivity contribution in [2.24, 2.45) is 5.92 Å². The number of anilines is 1. The van der Waals surface area contributed by atoms with Crippen molar-refractivity contribution in [3.63, 3.8) is 0 Å². The van der Waals surface area contributed by atoms with Gasteiger partial charge >= 0.3 is 0 Å². The predicted octanol–water partition coefficient (Wildman–Crippen LogP) is 2.33. The van der Waals surface area contributed by atoms with Gasteiger partial charge in [-0.2, -0.15) is 0 Å². The molecule has 1 heteroatoms. The van der Waals surface area contributed by atoms with Crippen LogP contribution in [0.3, 0.4) is 0 Å². The van der Waals surface area contributed by atoms with Crippen molar-refractivity contribution < 1.29 is 0 Å². The minimum absolute atomic E-state index is 0.856. The largest absolute Gasteiger partial charge is 0.371 e. The van der Waals surface area contributed by atoms with E-state index in [1.165, 1.54) is 25.2 Å². The number of benzene rings is 1. The van der Waals surface area contributed by atoms with Gasteiger partial charge in [0.05, 0.1) is 0 Å². The molecule has 1 saturated heterocycles. The van der Waals surface area contributed by atoms with Crippen LogP contribution in [-0.2, 0) is 0 Å². The first-order chi connectivity index (χ1) is 5.86. The van der Waals surface area contributed by atoms with E-state index in [9.17, 15) is 0 Å². The molecule has 0 bridgehead atoms. The molecule has 0 amide bonds.